The molecule has 2 unspecified atom stereocenters. The maximum atomic E-state index is 12.1. The van der Waals surface area contributed by atoms with Crippen LogP contribution in [0.25, 0.3) is 0 Å². The van der Waals surface area contributed by atoms with Gasteiger partial charge in [-0.2, -0.15) is 0 Å². The highest BCUT2D eigenvalue weighted by molar-refractivity contribution is 9.09. The van der Waals surface area contributed by atoms with E-state index in [1.807, 2.05) is 0 Å². The summed E-state index contributed by atoms with van der Waals surface area (Å²) in [6, 6.07) is 4.40. The van der Waals surface area contributed by atoms with Gasteiger partial charge in [-0.1, -0.05) is 34.0 Å². The van der Waals surface area contributed by atoms with Crippen LogP contribution >= 0.6 is 27.5 Å². The Morgan fingerprint density at radius 1 is 1.42 bits per heavy atom. The van der Waals surface area contributed by atoms with Crippen LogP contribution < -0.4 is 5.32 Å². The first-order valence-corrected chi connectivity index (χ1v) is 7.94. The molecule has 2 N–H and O–H groups in total. The number of carbonyl (C=O) groups excluding carboxylic acids is 1. The van der Waals surface area contributed by atoms with Crippen LogP contribution in [-0.4, -0.2) is 22.9 Å². The molecule has 1 amide bonds. The van der Waals surface area contributed by atoms with E-state index in [2.05, 4.69) is 21.2 Å². The Bertz CT molecular complexity index is 467. The van der Waals surface area contributed by atoms with E-state index in [1.165, 1.54) is 31.0 Å². The highest BCUT2D eigenvalue weighted by atomic mass is 79.9. The van der Waals surface area contributed by atoms with Crippen LogP contribution in [0, 0.1) is 11.8 Å². The van der Waals surface area contributed by atoms with Crippen molar-refractivity contribution in [1.29, 1.82) is 0 Å². The van der Waals surface area contributed by atoms with E-state index < -0.39 is 0 Å². The summed E-state index contributed by atoms with van der Waals surface area (Å²) in [6.45, 7) is 0.668. The van der Waals surface area contributed by atoms with Crippen molar-refractivity contribution in [2.24, 2.45) is 11.8 Å². The molecule has 0 saturated heterocycles. The lowest BCUT2D eigenvalue weighted by Gasteiger charge is -2.18. The van der Waals surface area contributed by atoms with Crippen LogP contribution in [0.2, 0.25) is 5.02 Å². The second-order valence-corrected chi connectivity index (χ2v) is 6.03. The molecule has 0 spiro atoms. The highest BCUT2D eigenvalue weighted by Gasteiger charge is 2.26. The van der Waals surface area contributed by atoms with E-state index in [0.29, 0.717) is 29.0 Å². The van der Waals surface area contributed by atoms with E-state index in [9.17, 15) is 9.90 Å². The Kier molecular flexibility index (Phi) is 5.11. The zero-order chi connectivity index (χ0) is 13.8. The lowest BCUT2D eigenvalue weighted by Crippen LogP contribution is -2.31. The fraction of sp³-hybridized carbons (Fsp3) is 0.500. The predicted octanol–water partition coefficient (Wildman–Crippen LogP) is 3.59. The Morgan fingerprint density at radius 3 is 2.89 bits per heavy atom. The van der Waals surface area contributed by atoms with Crippen molar-refractivity contribution in [3.8, 4) is 5.75 Å². The third-order valence-corrected chi connectivity index (χ3v) is 4.90. The van der Waals surface area contributed by atoms with Gasteiger partial charge in [0.05, 0.1) is 10.6 Å². The van der Waals surface area contributed by atoms with Crippen LogP contribution in [-0.2, 0) is 0 Å². The van der Waals surface area contributed by atoms with Crippen molar-refractivity contribution in [1.82, 2.24) is 5.32 Å². The number of hydrogen-bond donors (Lipinski definition) is 2. The first kappa shape index (κ1) is 14.7. The van der Waals surface area contributed by atoms with Gasteiger partial charge in [-0.25, -0.2) is 0 Å². The standard InChI is InChI=1S/C14H17BrClNO2/c15-7-9-2-1-3-10(9)8-17-14(19)12-6-11(18)4-5-13(12)16/h4-6,9-10,18H,1-3,7-8H2,(H,17,19). The zero-order valence-electron chi connectivity index (χ0n) is 10.5. The Hall–Kier alpha value is -0.740. The average Bonchev–Trinajstić information content (AvgIpc) is 2.86. The molecule has 2 rings (SSSR count). The summed E-state index contributed by atoms with van der Waals surface area (Å²) in [6.07, 6.45) is 3.60. The van der Waals surface area contributed by atoms with Crippen LogP contribution in [0.1, 0.15) is 29.6 Å². The molecule has 19 heavy (non-hydrogen) atoms. The van der Waals surface area contributed by atoms with Crippen molar-refractivity contribution in [2.75, 3.05) is 11.9 Å². The normalized spacial score (nSPS) is 22.4. The van der Waals surface area contributed by atoms with E-state index >= 15 is 0 Å². The first-order valence-electron chi connectivity index (χ1n) is 6.44. The van der Waals surface area contributed by atoms with Crippen LogP contribution in [0.15, 0.2) is 18.2 Å². The smallest absolute Gasteiger partial charge is 0.252 e. The summed E-state index contributed by atoms with van der Waals surface area (Å²) >= 11 is 9.49. The van der Waals surface area contributed by atoms with Gasteiger partial charge in [0, 0.05) is 11.9 Å². The molecule has 0 bridgehead atoms. The molecule has 0 aromatic heterocycles. The lowest BCUT2D eigenvalue weighted by molar-refractivity contribution is 0.0944. The number of amides is 1. The van der Waals surface area contributed by atoms with Gasteiger partial charge in [-0.05, 0) is 42.9 Å². The van der Waals surface area contributed by atoms with E-state index in [1.54, 1.807) is 0 Å². The number of carbonyl (C=O) groups is 1. The molecule has 0 heterocycles. The molecule has 2 atom stereocenters. The zero-order valence-corrected chi connectivity index (χ0v) is 12.9. The SMILES string of the molecule is O=C(NCC1CCCC1CBr)c1cc(O)ccc1Cl. The predicted molar refractivity (Wildman–Crippen MR) is 80.1 cm³/mol. The number of alkyl halides is 1. The quantitative estimate of drug-likeness (QED) is 0.819. The van der Waals surface area contributed by atoms with Gasteiger partial charge < -0.3 is 10.4 Å². The summed E-state index contributed by atoms with van der Waals surface area (Å²) in [4.78, 5) is 12.1. The number of hydrogen-bond acceptors (Lipinski definition) is 2. The minimum Gasteiger partial charge on any atom is -0.508 e. The number of benzene rings is 1. The number of rotatable bonds is 4. The molecule has 3 nitrogen and oxygen atoms in total. The molecule has 1 fully saturated rings. The second-order valence-electron chi connectivity index (χ2n) is 4.98. The highest BCUT2D eigenvalue weighted by Crippen LogP contribution is 2.32. The number of aromatic hydroxyl groups is 1. The summed E-state index contributed by atoms with van der Waals surface area (Å²) in [5, 5.41) is 13.7. The topological polar surface area (TPSA) is 49.3 Å². The van der Waals surface area contributed by atoms with Gasteiger partial charge in [0.1, 0.15) is 5.75 Å². The largest absolute Gasteiger partial charge is 0.508 e. The molecule has 1 aliphatic carbocycles. The van der Waals surface area contributed by atoms with Gasteiger partial charge in [-0.3, -0.25) is 4.79 Å². The van der Waals surface area contributed by atoms with Gasteiger partial charge in [0.15, 0.2) is 0 Å². The van der Waals surface area contributed by atoms with Crippen molar-refractivity contribution in [2.45, 2.75) is 19.3 Å². The van der Waals surface area contributed by atoms with E-state index in [0.717, 1.165) is 11.8 Å². The molecule has 5 heteroatoms. The van der Waals surface area contributed by atoms with Crippen molar-refractivity contribution in [3.05, 3.63) is 28.8 Å². The van der Waals surface area contributed by atoms with Gasteiger partial charge in [-0.15, -0.1) is 0 Å². The second kappa shape index (κ2) is 6.62. The molecular formula is C14H17BrClNO2. The van der Waals surface area contributed by atoms with Crippen LogP contribution in [0.5, 0.6) is 5.75 Å². The van der Waals surface area contributed by atoms with E-state index in [-0.39, 0.29) is 11.7 Å². The number of phenols is 1. The monoisotopic (exact) mass is 345 g/mol. The molecule has 0 aliphatic heterocycles. The third-order valence-electron chi connectivity index (χ3n) is 3.73. The Labute approximate surface area is 126 Å². The molecular weight excluding hydrogens is 330 g/mol. The van der Waals surface area contributed by atoms with Gasteiger partial charge >= 0.3 is 0 Å². The number of nitrogens with one attached hydrogen (secondary N) is 1. The summed E-state index contributed by atoms with van der Waals surface area (Å²) in [5.41, 5.74) is 0.329. The average molecular weight is 347 g/mol. The first-order chi connectivity index (χ1) is 9.11. The maximum absolute atomic E-state index is 12.1. The minimum absolute atomic E-state index is 0.0498. The lowest BCUT2D eigenvalue weighted by atomic mass is 9.98. The van der Waals surface area contributed by atoms with Crippen LogP contribution in [0.4, 0.5) is 0 Å². The number of phenolic OH excluding ortho intramolecular Hbond substituents is 1. The van der Waals surface area contributed by atoms with E-state index in [4.69, 9.17) is 11.6 Å². The molecule has 0 radical (unpaired) electrons. The van der Waals surface area contributed by atoms with Gasteiger partial charge in [0.25, 0.3) is 5.91 Å². The molecule has 1 aliphatic rings. The molecule has 1 aromatic carbocycles. The van der Waals surface area contributed by atoms with Crippen molar-refractivity contribution in [3.63, 3.8) is 0 Å². The van der Waals surface area contributed by atoms with Crippen molar-refractivity contribution < 1.29 is 9.90 Å². The fourth-order valence-corrected chi connectivity index (χ4v) is 3.65. The van der Waals surface area contributed by atoms with Crippen molar-refractivity contribution >= 4 is 33.4 Å². The Balaban J connectivity index is 1.96. The van der Waals surface area contributed by atoms with Gasteiger partial charge in [0.2, 0.25) is 0 Å². The maximum Gasteiger partial charge on any atom is 0.252 e. The molecule has 1 saturated carbocycles. The van der Waals surface area contributed by atoms with Crippen LogP contribution in [0.3, 0.4) is 0 Å². The molecule has 1 aromatic rings. The summed E-state index contributed by atoms with van der Waals surface area (Å²) in [7, 11) is 0. The fourth-order valence-electron chi connectivity index (χ4n) is 2.59. The molecule has 104 valence electrons. The Morgan fingerprint density at radius 2 is 2.16 bits per heavy atom. The summed E-state index contributed by atoms with van der Waals surface area (Å²) < 4.78 is 0. The third kappa shape index (κ3) is 3.63. The minimum atomic E-state index is -0.221. The number of halogens is 2. The summed E-state index contributed by atoms with van der Waals surface area (Å²) in [5.74, 6) is 0.995.